The van der Waals surface area contributed by atoms with Crippen LogP contribution in [0.25, 0.3) is 0 Å². The highest BCUT2D eigenvalue weighted by Gasteiger charge is 2.09. The lowest BCUT2D eigenvalue weighted by atomic mass is 10.1. The van der Waals surface area contributed by atoms with E-state index in [1.807, 2.05) is 30.8 Å². The van der Waals surface area contributed by atoms with Crippen molar-refractivity contribution in [3.8, 4) is 0 Å². The van der Waals surface area contributed by atoms with Gasteiger partial charge in [0.25, 0.3) is 0 Å². The summed E-state index contributed by atoms with van der Waals surface area (Å²) in [4.78, 5) is 0. The maximum Gasteiger partial charge on any atom is 0.149 e. The molecule has 1 rings (SSSR count). The molecule has 0 heterocycles. The molecule has 0 saturated carbocycles. The Kier molecular flexibility index (Phi) is 6.02. The third kappa shape index (κ3) is 6.31. The molecule has 0 aliphatic rings. The van der Waals surface area contributed by atoms with E-state index in [1.54, 1.807) is 0 Å². The Morgan fingerprint density at radius 3 is 2.39 bits per heavy atom. The van der Waals surface area contributed by atoms with Crippen LogP contribution >= 0.6 is 11.8 Å². The fourth-order valence-electron chi connectivity index (χ4n) is 1.77. The molecule has 1 aromatic carbocycles. The molecule has 0 fully saturated rings. The van der Waals surface area contributed by atoms with Gasteiger partial charge in [0.15, 0.2) is 0 Å². The molecule has 18 heavy (non-hydrogen) atoms. The molecule has 3 nitrogen and oxygen atoms in total. The number of hydrogen-bond acceptors (Lipinski definition) is 4. The fourth-order valence-corrected chi connectivity index (χ4v) is 3.20. The van der Waals surface area contributed by atoms with Crippen LogP contribution in [0.4, 0.5) is 5.69 Å². The highest BCUT2D eigenvalue weighted by molar-refractivity contribution is 7.98. The molecule has 0 saturated heterocycles. The Hall–Kier alpha value is -0.680. The number of anilines is 1. The molecule has 1 atom stereocenters. The first kappa shape index (κ1) is 15.4. The summed E-state index contributed by atoms with van der Waals surface area (Å²) < 4.78 is 22.3. The first-order valence-electron chi connectivity index (χ1n) is 5.93. The Morgan fingerprint density at radius 1 is 1.28 bits per heavy atom. The van der Waals surface area contributed by atoms with Crippen molar-refractivity contribution in [2.45, 2.75) is 19.4 Å². The molecule has 5 heteroatoms. The van der Waals surface area contributed by atoms with Crippen LogP contribution in [0.15, 0.2) is 24.3 Å². The Labute approximate surface area is 114 Å². The Morgan fingerprint density at radius 2 is 1.89 bits per heavy atom. The van der Waals surface area contributed by atoms with Crippen molar-refractivity contribution in [2.24, 2.45) is 0 Å². The molecule has 0 amide bonds. The zero-order valence-corrected chi connectivity index (χ0v) is 12.8. The third-order valence-electron chi connectivity index (χ3n) is 2.51. The van der Waals surface area contributed by atoms with E-state index in [0.29, 0.717) is 0 Å². The molecule has 0 aliphatic heterocycles. The monoisotopic (exact) mass is 287 g/mol. The second-order valence-electron chi connectivity index (χ2n) is 4.58. The summed E-state index contributed by atoms with van der Waals surface area (Å²) in [5.41, 5.74) is 2.28. The summed E-state index contributed by atoms with van der Waals surface area (Å²) in [6.45, 7) is 1.88. The summed E-state index contributed by atoms with van der Waals surface area (Å²) in [6, 6.07) is 8.12. The van der Waals surface area contributed by atoms with Gasteiger partial charge >= 0.3 is 0 Å². The van der Waals surface area contributed by atoms with Crippen LogP contribution in [0.1, 0.15) is 12.5 Å². The molecular formula is C13H21NO2S2. The lowest BCUT2D eigenvalue weighted by molar-refractivity contribution is 0.598. The molecule has 1 N–H and O–H groups in total. The van der Waals surface area contributed by atoms with Crippen molar-refractivity contribution in [3.05, 3.63) is 29.8 Å². The molecule has 1 aromatic rings. The van der Waals surface area contributed by atoms with E-state index in [2.05, 4.69) is 23.7 Å². The summed E-state index contributed by atoms with van der Waals surface area (Å²) in [5, 5.41) is 3.20. The maximum atomic E-state index is 11.2. The zero-order chi connectivity index (χ0) is 13.6. The third-order valence-corrected chi connectivity index (χ3v) is 4.23. The minimum atomic E-state index is -2.93. The molecule has 102 valence electrons. The number of aryl methyl sites for hydroxylation is 1. The van der Waals surface area contributed by atoms with Gasteiger partial charge in [-0.15, -0.1) is 0 Å². The van der Waals surface area contributed by atoms with Crippen molar-refractivity contribution in [3.63, 3.8) is 0 Å². The van der Waals surface area contributed by atoms with Crippen molar-refractivity contribution >= 4 is 27.3 Å². The number of hydrogen-bond donors (Lipinski definition) is 1. The molecule has 0 spiro atoms. The van der Waals surface area contributed by atoms with Crippen molar-refractivity contribution in [1.82, 2.24) is 0 Å². The predicted octanol–water partition coefficient (Wildman–Crippen LogP) is 2.44. The van der Waals surface area contributed by atoms with Gasteiger partial charge in [-0.25, -0.2) is 8.42 Å². The van der Waals surface area contributed by atoms with Gasteiger partial charge in [0, 0.05) is 18.0 Å². The number of benzene rings is 1. The summed E-state index contributed by atoms with van der Waals surface area (Å²) in [7, 11) is -2.93. The fraction of sp³-hybridized carbons (Fsp3) is 0.538. The highest BCUT2D eigenvalue weighted by atomic mass is 32.2. The van der Waals surface area contributed by atoms with Gasteiger partial charge in [-0.2, -0.15) is 11.8 Å². The Bertz CT molecular complexity index is 454. The van der Waals surface area contributed by atoms with Gasteiger partial charge in [0.1, 0.15) is 9.84 Å². The molecule has 0 aliphatic carbocycles. The van der Waals surface area contributed by atoms with Gasteiger partial charge < -0.3 is 5.32 Å². The van der Waals surface area contributed by atoms with E-state index < -0.39 is 9.84 Å². The van der Waals surface area contributed by atoms with Crippen LogP contribution in [-0.2, 0) is 16.3 Å². The van der Waals surface area contributed by atoms with Crippen LogP contribution in [0.2, 0.25) is 0 Å². The van der Waals surface area contributed by atoms with Crippen LogP contribution in [0.3, 0.4) is 0 Å². The largest absolute Gasteiger partial charge is 0.382 e. The van der Waals surface area contributed by atoms with E-state index in [1.165, 1.54) is 11.8 Å². The minimum absolute atomic E-state index is 0.0722. The smallest absolute Gasteiger partial charge is 0.149 e. The lowest BCUT2D eigenvalue weighted by Crippen LogP contribution is -2.24. The lowest BCUT2D eigenvalue weighted by Gasteiger charge is -2.14. The summed E-state index contributed by atoms with van der Waals surface area (Å²) >= 11 is 1.84. The summed E-state index contributed by atoms with van der Waals surface area (Å²) in [6.07, 6.45) is 4.43. The topological polar surface area (TPSA) is 46.2 Å². The van der Waals surface area contributed by atoms with Gasteiger partial charge in [-0.05, 0) is 43.0 Å². The molecule has 0 radical (unpaired) electrons. The van der Waals surface area contributed by atoms with Gasteiger partial charge in [-0.3, -0.25) is 0 Å². The van der Waals surface area contributed by atoms with Gasteiger partial charge in [0.2, 0.25) is 0 Å². The van der Waals surface area contributed by atoms with E-state index in [9.17, 15) is 8.42 Å². The van der Waals surface area contributed by atoms with Crippen molar-refractivity contribution in [1.29, 1.82) is 0 Å². The average Bonchev–Trinajstić information content (AvgIpc) is 2.25. The van der Waals surface area contributed by atoms with Crippen LogP contribution in [0.5, 0.6) is 0 Å². The van der Waals surface area contributed by atoms with Crippen LogP contribution in [0, 0.1) is 0 Å². The first-order chi connectivity index (χ1) is 8.40. The minimum Gasteiger partial charge on any atom is -0.382 e. The van der Waals surface area contributed by atoms with E-state index in [0.717, 1.165) is 17.9 Å². The highest BCUT2D eigenvalue weighted by Crippen LogP contribution is 2.12. The quantitative estimate of drug-likeness (QED) is 0.836. The van der Waals surface area contributed by atoms with Crippen LogP contribution < -0.4 is 5.32 Å². The zero-order valence-electron chi connectivity index (χ0n) is 11.1. The SMILES string of the molecule is CSCCc1ccc(N[C@@H](C)CS(C)(=O)=O)cc1. The molecule has 0 unspecified atom stereocenters. The maximum absolute atomic E-state index is 11.2. The van der Waals surface area contributed by atoms with Crippen molar-refractivity contribution in [2.75, 3.05) is 29.3 Å². The molecule has 0 aromatic heterocycles. The van der Waals surface area contributed by atoms with Gasteiger partial charge in [-0.1, -0.05) is 12.1 Å². The number of nitrogens with one attached hydrogen (secondary N) is 1. The van der Waals surface area contributed by atoms with E-state index >= 15 is 0 Å². The standard InChI is InChI=1S/C13H21NO2S2/c1-11(10-18(3,15)16)14-13-6-4-12(5-7-13)8-9-17-2/h4-7,11,14H,8-10H2,1-3H3/t11-/m0/s1. The predicted molar refractivity (Wildman–Crippen MR) is 81.3 cm³/mol. The van der Waals surface area contributed by atoms with Crippen LogP contribution in [-0.4, -0.2) is 38.5 Å². The number of rotatable bonds is 7. The second-order valence-corrected chi connectivity index (χ2v) is 7.75. The number of sulfone groups is 1. The first-order valence-corrected chi connectivity index (χ1v) is 9.38. The van der Waals surface area contributed by atoms with E-state index in [4.69, 9.17) is 0 Å². The Balaban J connectivity index is 2.53. The van der Waals surface area contributed by atoms with Gasteiger partial charge in [0.05, 0.1) is 5.75 Å². The van der Waals surface area contributed by atoms with Crippen molar-refractivity contribution < 1.29 is 8.42 Å². The average molecular weight is 287 g/mol. The molecular weight excluding hydrogens is 266 g/mol. The molecule has 0 bridgehead atoms. The normalized spacial score (nSPS) is 13.3. The second kappa shape index (κ2) is 7.04. The summed E-state index contributed by atoms with van der Waals surface area (Å²) in [5.74, 6) is 1.28. The van der Waals surface area contributed by atoms with E-state index in [-0.39, 0.29) is 11.8 Å². The number of thioether (sulfide) groups is 1.